The maximum absolute atomic E-state index is 3.06. The molecular weight excluding hydrogens is 731 g/mol. The monoisotopic (exact) mass is 772 g/mol. The van der Waals surface area contributed by atoms with Crippen molar-refractivity contribution in [2.24, 2.45) is 0 Å². The van der Waals surface area contributed by atoms with Gasteiger partial charge in [-0.3, -0.25) is 0 Å². The van der Waals surface area contributed by atoms with Crippen LogP contribution in [0.4, 0.5) is 0 Å². The Labute approximate surface area is 322 Å². The third kappa shape index (κ3) is 8.73. The summed E-state index contributed by atoms with van der Waals surface area (Å²) in [5, 5.41) is 10.7. The van der Waals surface area contributed by atoms with Crippen LogP contribution in [0.15, 0.2) is 133 Å². The second-order valence-electron chi connectivity index (χ2n) is 11.9. The zero-order valence-corrected chi connectivity index (χ0v) is 34.3. The Morgan fingerprint density at radius 1 is 0.490 bits per heavy atom. The van der Waals surface area contributed by atoms with Gasteiger partial charge in [-0.2, -0.15) is 12.1 Å². The van der Waals surface area contributed by atoms with Crippen LogP contribution < -0.4 is 0 Å². The SMILES string of the molecule is CCc1cc2c(-c3cccc4ccccc34)cc(C)cc2[cH-]1.Cc1cc(-c2cccc3ccccc23)c2cc(C)[cH-]c2c1.Cl.Cl.[CH3-].[CH3-].[Si]=[Zr]. The fourth-order valence-corrected chi connectivity index (χ4v) is 6.72. The minimum atomic E-state index is 0. The first-order valence-corrected chi connectivity index (χ1v) is 19.8. The van der Waals surface area contributed by atoms with Gasteiger partial charge in [0.05, 0.1) is 0 Å². The Balaban J connectivity index is 0.000000301. The zero-order valence-electron chi connectivity index (χ0n) is 29.2. The molecule has 0 amide bonds. The molecular formula is C45H44Cl2SiZr-4. The maximum atomic E-state index is 3.06. The topological polar surface area (TPSA) is 0 Å². The van der Waals surface area contributed by atoms with Crippen LogP contribution in [0.1, 0.15) is 29.2 Å². The summed E-state index contributed by atoms with van der Waals surface area (Å²) in [6.45, 7) is 11.8. The summed E-state index contributed by atoms with van der Waals surface area (Å²) >= 11 is 1.36. The van der Waals surface area contributed by atoms with Crippen molar-refractivity contribution < 1.29 is 23.3 Å². The van der Waals surface area contributed by atoms with Crippen molar-refractivity contribution in [2.75, 3.05) is 0 Å². The van der Waals surface area contributed by atoms with Gasteiger partial charge in [0.2, 0.25) is 0 Å². The molecule has 0 nitrogen and oxygen atoms in total. The first-order chi connectivity index (χ1) is 22.0. The molecule has 0 aliphatic heterocycles. The summed E-state index contributed by atoms with van der Waals surface area (Å²) in [4.78, 5) is 0. The van der Waals surface area contributed by atoms with Crippen LogP contribution in [0.3, 0.4) is 0 Å². The van der Waals surface area contributed by atoms with Gasteiger partial charge in [0.25, 0.3) is 0 Å². The van der Waals surface area contributed by atoms with Crippen molar-refractivity contribution in [2.45, 2.75) is 34.1 Å². The van der Waals surface area contributed by atoms with Crippen LogP contribution in [0.25, 0.3) is 65.3 Å². The van der Waals surface area contributed by atoms with Crippen LogP contribution in [0, 0.1) is 35.6 Å². The zero-order chi connectivity index (χ0) is 31.5. The molecule has 0 aliphatic carbocycles. The quantitative estimate of drug-likeness (QED) is 0.124. The molecule has 0 atom stereocenters. The molecule has 49 heavy (non-hydrogen) atoms. The molecule has 250 valence electrons. The molecule has 8 aromatic carbocycles. The molecule has 0 saturated heterocycles. The molecule has 8 rings (SSSR count). The first kappa shape index (κ1) is 41.9. The van der Waals surface area contributed by atoms with Crippen molar-refractivity contribution in [1.82, 2.24) is 0 Å². The molecule has 8 aromatic rings. The van der Waals surface area contributed by atoms with Gasteiger partial charge in [-0.25, -0.2) is 0 Å². The summed E-state index contributed by atoms with van der Waals surface area (Å²) in [5.41, 5.74) is 10.7. The van der Waals surface area contributed by atoms with Crippen molar-refractivity contribution >= 4 is 74.8 Å². The molecule has 4 heteroatoms. The third-order valence-electron chi connectivity index (χ3n) is 8.71. The molecule has 0 N–H and O–H groups in total. The van der Waals surface area contributed by atoms with Crippen LogP contribution >= 0.6 is 24.8 Å². The Hall–Kier alpha value is -3.26. The third-order valence-corrected chi connectivity index (χ3v) is 8.71. The van der Waals surface area contributed by atoms with Crippen molar-refractivity contribution in [3.8, 4) is 22.3 Å². The minimum absolute atomic E-state index is 0. The van der Waals surface area contributed by atoms with E-state index in [4.69, 9.17) is 0 Å². The van der Waals surface area contributed by atoms with Crippen LogP contribution in [0.5, 0.6) is 0 Å². The molecule has 0 fully saturated rings. The molecule has 0 saturated carbocycles. The number of benzene rings is 6. The van der Waals surface area contributed by atoms with E-state index in [2.05, 4.69) is 168 Å². The second kappa shape index (κ2) is 18.7. The summed E-state index contributed by atoms with van der Waals surface area (Å²) in [6, 6.07) is 48.9. The predicted octanol–water partition coefficient (Wildman–Crippen LogP) is 13.6. The van der Waals surface area contributed by atoms with Gasteiger partial charge in [-0.1, -0.05) is 133 Å². The van der Waals surface area contributed by atoms with Gasteiger partial charge in [-0.15, -0.1) is 81.8 Å². The number of rotatable bonds is 3. The summed E-state index contributed by atoms with van der Waals surface area (Å²) in [5.74, 6) is 0. The van der Waals surface area contributed by atoms with E-state index in [1.165, 1.54) is 111 Å². The fourth-order valence-electron chi connectivity index (χ4n) is 6.72. The van der Waals surface area contributed by atoms with Crippen LogP contribution in [-0.2, 0) is 29.8 Å². The van der Waals surface area contributed by atoms with Crippen molar-refractivity contribution in [3.05, 3.63) is 171 Å². The van der Waals surface area contributed by atoms with E-state index in [1.807, 2.05) is 0 Å². The van der Waals surface area contributed by atoms with E-state index >= 15 is 0 Å². The van der Waals surface area contributed by atoms with E-state index in [0.717, 1.165) is 6.42 Å². The van der Waals surface area contributed by atoms with E-state index < -0.39 is 0 Å². The van der Waals surface area contributed by atoms with E-state index in [1.54, 1.807) is 0 Å². The Bertz CT molecular complexity index is 2280. The Morgan fingerprint density at radius 3 is 1.41 bits per heavy atom. The predicted molar refractivity (Wildman–Crippen MR) is 222 cm³/mol. The van der Waals surface area contributed by atoms with Gasteiger partial charge in [-0.05, 0) is 52.9 Å². The van der Waals surface area contributed by atoms with E-state index in [0.29, 0.717) is 0 Å². The average molecular weight is 775 g/mol. The Kier molecular flexibility index (Phi) is 16.0. The number of hydrogen-bond acceptors (Lipinski definition) is 0. The van der Waals surface area contributed by atoms with E-state index in [9.17, 15) is 0 Å². The molecule has 0 spiro atoms. The standard InChI is InChI=1S/C22H19.C21H17.2CH3.2ClH.Si.Zr/c1-3-16-13-18-11-15(2)12-22(21(18)14-16)20-10-6-8-17-7-4-5-9-19(17)20;1-14-10-17-11-15(2)13-21(20(17)12-14)19-9-5-7-16-6-3-4-8-18(16)19;;;;;;/h4-14H,3H2,1-2H3;3-13H,1-2H3;2*1H3;2*1H;;/q4*-1;;;;. The van der Waals surface area contributed by atoms with Crippen molar-refractivity contribution in [3.63, 3.8) is 0 Å². The van der Waals surface area contributed by atoms with Gasteiger partial charge in [0, 0.05) is 0 Å². The number of hydrogen-bond donors (Lipinski definition) is 0. The molecule has 0 bridgehead atoms. The molecule has 0 heterocycles. The normalized spacial score (nSPS) is 10.0. The van der Waals surface area contributed by atoms with E-state index in [-0.39, 0.29) is 39.7 Å². The first-order valence-electron chi connectivity index (χ1n) is 15.6. The summed E-state index contributed by atoms with van der Waals surface area (Å²) in [6.07, 6.45) is 1.09. The molecule has 0 aliphatic rings. The average Bonchev–Trinajstić information content (AvgIpc) is 3.67. The second-order valence-corrected chi connectivity index (χ2v) is 11.9. The molecule has 0 aromatic heterocycles. The number of halogens is 2. The number of aryl methyl sites for hydroxylation is 4. The molecule has 2 radical (unpaired) electrons. The summed E-state index contributed by atoms with van der Waals surface area (Å²) in [7, 11) is 0. The van der Waals surface area contributed by atoms with Crippen molar-refractivity contribution in [1.29, 1.82) is 0 Å². The Morgan fingerprint density at radius 2 is 0.918 bits per heavy atom. The van der Waals surface area contributed by atoms with Crippen LogP contribution in [-0.4, -0.2) is 6.88 Å². The van der Waals surface area contributed by atoms with Crippen LogP contribution in [0.2, 0.25) is 0 Å². The summed E-state index contributed by atoms with van der Waals surface area (Å²) < 4.78 is 0. The number of fused-ring (bicyclic) bond motifs is 4. The van der Waals surface area contributed by atoms with Gasteiger partial charge < -0.3 is 14.9 Å². The molecule has 0 unspecified atom stereocenters. The van der Waals surface area contributed by atoms with Gasteiger partial charge in [0.15, 0.2) is 0 Å². The van der Waals surface area contributed by atoms with Gasteiger partial charge in [0.1, 0.15) is 0 Å². The van der Waals surface area contributed by atoms with Gasteiger partial charge >= 0.3 is 30.2 Å². The fraction of sp³-hybridized carbons (Fsp3) is 0.111.